The van der Waals surface area contributed by atoms with E-state index in [0.29, 0.717) is 11.7 Å². The average molecular weight is 932 g/mol. The van der Waals surface area contributed by atoms with E-state index >= 15 is 0 Å². The summed E-state index contributed by atoms with van der Waals surface area (Å²) in [4.78, 5) is 11.3. The fraction of sp³-hybridized carbons (Fsp3) is 0.0149. The molecule has 6 nitrogen and oxygen atoms in total. The second-order valence-electron chi connectivity index (χ2n) is 19.3. The van der Waals surface area contributed by atoms with E-state index in [2.05, 4.69) is 251 Å². The van der Waals surface area contributed by atoms with Crippen LogP contribution in [-0.2, 0) is 0 Å². The Morgan fingerprint density at radius 1 is 0.397 bits per heavy atom. The van der Waals surface area contributed by atoms with E-state index in [0.717, 1.165) is 99.0 Å². The summed E-state index contributed by atoms with van der Waals surface area (Å²) in [6, 6.07) is 85.1. The van der Waals surface area contributed by atoms with Crippen molar-refractivity contribution in [2.75, 3.05) is 0 Å². The van der Waals surface area contributed by atoms with Crippen molar-refractivity contribution in [2.24, 2.45) is 9.98 Å². The van der Waals surface area contributed by atoms with E-state index < -0.39 is 6.17 Å². The van der Waals surface area contributed by atoms with Crippen LogP contribution in [-0.4, -0.2) is 20.8 Å². The van der Waals surface area contributed by atoms with Crippen LogP contribution in [0.1, 0.15) is 22.9 Å². The Morgan fingerprint density at radius 2 is 0.959 bits per heavy atom. The number of fused-ring (bicyclic) bond motifs is 14. The predicted octanol–water partition coefficient (Wildman–Crippen LogP) is 16.9. The van der Waals surface area contributed by atoms with Gasteiger partial charge in [-0.15, -0.1) is 0 Å². The summed E-state index contributed by atoms with van der Waals surface area (Å²) >= 11 is 0. The molecule has 6 heteroatoms. The molecule has 0 saturated heterocycles. The molecule has 1 unspecified atom stereocenters. The largest absolute Gasteiger partial charge is 0.454 e. The number of amidine groups is 2. The van der Waals surface area contributed by atoms with Gasteiger partial charge in [0, 0.05) is 43.6 Å². The zero-order valence-corrected chi connectivity index (χ0v) is 39.3. The van der Waals surface area contributed by atoms with E-state index in [4.69, 9.17) is 14.4 Å². The van der Waals surface area contributed by atoms with Gasteiger partial charge in [0.25, 0.3) is 0 Å². The van der Waals surface area contributed by atoms with Crippen LogP contribution in [0.15, 0.2) is 251 Å². The average Bonchev–Trinajstić information content (AvgIpc) is 4.11. The quantitative estimate of drug-likeness (QED) is 0.187. The second kappa shape index (κ2) is 15.4. The van der Waals surface area contributed by atoms with Gasteiger partial charge in [0.1, 0.15) is 23.3 Å². The van der Waals surface area contributed by atoms with Crippen LogP contribution in [0, 0.1) is 0 Å². The third kappa shape index (κ3) is 5.98. The number of rotatable bonds is 5. The SMILES string of the molecule is c1ccc(-n2c3ccccc3c3ccc(C4=NC(c5ccc6ccccc6c5)NC(c5c(-n6c7cc8ccccc8cc7c7cc8ccccc8cc76)c6oc7ccccc7c6c6ccccc56)=N4)cc32)cc1. The van der Waals surface area contributed by atoms with Crippen molar-refractivity contribution < 1.29 is 4.42 Å². The molecule has 0 bridgehead atoms. The van der Waals surface area contributed by atoms with Gasteiger partial charge < -0.3 is 18.9 Å². The molecule has 0 fully saturated rings. The standard InChI is InChI=1S/C67H41N5O/c1-2-22-48(23-3-1)71-56-28-14-12-24-49(56)50-33-32-47(39-57(50)71)66-68-65(46-31-30-40-16-4-5-17-41(40)34-46)69-67(70-66)62-52-26-11-10-25-51(52)61-53-27-13-15-29-60(53)73-64(61)63(62)72-58-37-44-20-8-6-18-42(44)35-54(58)55-36-43-19-7-9-21-45(43)38-59(55)72/h1-39,65H,(H,68,69,70). The van der Waals surface area contributed by atoms with Gasteiger partial charge in [-0.3, -0.25) is 0 Å². The smallest absolute Gasteiger partial charge is 0.160 e. The molecule has 0 saturated carbocycles. The molecule has 1 N–H and O–H groups in total. The lowest BCUT2D eigenvalue weighted by Crippen LogP contribution is -2.34. The molecule has 4 heterocycles. The molecule has 12 aromatic carbocycles. The number of nitrogens with one attached hydrogen (secondary N) is 1. The minimum Gasteiger partial charge on any atom is -0.454 e. The number of aliphatic imine (C=N–C) groups is 2. The van der Waals surface area contributed by atoms with E-state index in [9.17, 15) is 0 Å². The lowest BCUT2D eigenvalue weighted by atomic mass is 9.95. The minimum atomic E-state index is -0.494. The number of hydrogen-bond acceptors (Lipinski definition) is 4. The highest BCUT2D eigenvalue weighted by Crippen LogP contribution is 2.46. The first-order chi connectivity index (χ1) is 36.2. The number of para-hydroxylation sites is 3. The summed E-state index contributed by atoms with van der Waals surface area (Å²) in [5, 5.41) is 20.0. The molecule has 16 rings (SSSR count). The van der Waals surface area contributed by atoms with Crippen molar-refractivity contribution in [1.82, 2.24) is 14.5 Å². The summed E-state index contributed by atoms with van der Waals surface area (Å²) in [6.07, 6.45) is -0.494. The number of furan rings is 1. The van der Waals surface area contributed by atoms with E-state index in [1.807, 2.05) is 0 Å². The van der Waals surface area contributed by atoms with Gasteiger partial charge in [0.05, 0.1) is 27.6 Å². The summed E-state index contributed by atoms with van der Waals surface area (Å²) < 4.78 is 12.1. The van der Waals surface area contributed by atoms with Crippen molar-refractivity contribution in [3.8, 4) is 11.4 Å². The Labute approximate surface area is 418 Å². The molecule has 0 radical (unpaired) electrons. The van der Waals surface area contributed by atoms with Crippen LogP contribution in [0.5, 0.6) is 0 Å². The fourth-order valence-electron chi connectivity index (χ4n) is 11.9. The van der Waals surface area contributed by atoms with Crippen LogP contribution < -0.4 is 5.32 Å². The zero-order valence-electron chi connectivity index (χ0n) is 39.3. The first kappa shape index (κ1) is 40.0. The maximum Gasteiger partial charge on any atom is 0.160 e. The Balaban J connectivity index is 1.04. The van der Waals surface area contributed by atoms with E-state index in [1.165, 1.54) is 37.7 Å². The third-order valence-corrected chi connectivity index (χ3v) is 15.3. The molecule has 340 valence electrons. The Morgan fingerprint density at radius 3 is 1.68 bits per heavy atom. The Bertz CT molecular complexity index is 4800. The van der Waals surface area contributed by atoms with Crippen molar-refractivity contribution in [3.63, 3.8) is 0 Å². The molecule has 73 heavy (non-hydrogen) atoms. The zero-order chi connectivity index (χ0) is 47.7. The maximum absolute atomic E-state index is 7.29. The van der Waals surface area contributed by atoms with Crippen molar-refractivity contribution in [2.45, 2.75) is 6.17 Å². The summed E-state index contributed by atoms with van der Waals surface area (Å²) in [6.45, 7) is 0. The van der Waals surface area contributed by atoms with Gasteiger partial charge in [-0.1, -0.05) is 176 Å². The highest BCUT2D eigenvalue weighted by atomic mass is 16.3. The first-order valence-corrected chi connectivity index (χ1v) is 24.9. The predicted molar refractivity (Wildman–Crippen MR) is 304 cm³/mol. The van der Waals surface area contributed by atoms with Crippen LogP contribution in [0.3, 0.4) is 0 Å². The summed E-state index contributed by atoms with van der Waals surface area (Å²) in [7, 11) is 0. The van der Waals surface area contributed by atoms with Gasteiger partial charge in [-0.2, -0.15) is 0 Å². The van der Waals surface area contributed by atoms with Gasteiger partial charge in [-0.05, 0) is 109 Å². The Kier molecular flexibility index (Phi) is 8.42. The summed E-state index contributed by atoms with van der Waals surface area (Å²) in [5.41, 5.74) is 10.9. The third-order valence-electron chi connectivity index (χ3n) is 15.3. The molecule has 1 atom stereocenters. The topological polar surface area (TPSA) is 59.8 Å². The molecule has 3 aromatic heterocycles. The lowest BCUT2D eigenvalue weighted by molar-refractivity contribution is 0.664. The first-order valence-electron chi connectivity index (χ1n) is 24.9. The number of benzene rings is 12. The van der Waals surface area contributed by atoms with Crippen molar-refractivity contribution >= 4 is 120 Å². The van der Waals surface area contributed by atoms with Crippen LogP contribution in [0.4, 0.5) is 0 Å². The van der Waals surface area contributed by atoms with Crippen molar-refractivity contribution in [1.29, 1.82) is 0 Å². The monoisotopic (exact) mass is 931 g/mol. The molecule has 1 aliphatic heterocycles. The van der Waals surface area contributed by atoms with Gasteiger partial charge in [0.15, 0.2) is 11.4 Å². The van der Waals surface area contributed by atoms with Crippen LogP contribution in [0.2, 0.25) is 0 Å². The molecule has 0 aliphatic carbocycles. The lowest BCUT2D eigenvalue weighted by Gasteiger charge is -2.26. The molecular weight excluding hydrogens is 891 g/mol. The van der Waals surface area contributed by atoms with E-state index in [-0.39, 0.29) is 0 Å². The van der Waals surface area contributed by atoms with E-state index in [1.54, 1.807) is 0 Å². The molecular formula is C67H41N5O. The Hall–Kier alpha value is -9.78. The minimum absolute atomic E-state index is 0.494. The summed E-state index contributed by atoms with van der Waals surface area (Å²) in [5.74, 6) is 1.34. The van der Waals surface area contributed by atoms with Crippen LogP contribution in [0.25, 0.3) is 120 Å². The normalized spacial score (nSPS) is 14.2. The fourth-order valence-corrected chi connectivity index (χ4v) is 11.9. The molecule has 15 aromatic rings. The molecule has 1 aliphatic rings. The molecule has 0 amide bonds. The van der Waals surface area contributed by atoms with Crippen molar-refractivity contribution in [3.05, 3.63) is 253 Å². The highest BCUT2D eigenvalue weighted by Gasteiger charge is 2.31. The van der Waals surface area contributed by atoms with Gasteiger partial charge >= 0.3 is 0 Å². The van der Waals surface area contributed by atoms with Gasteiger partial charge in [-0.25, -0.2) is 9.98 Å². The number of aromatic nitrogens is 2. The maximum atomic E-state index is 7.29. The molecule has 0 spiro atoms. The number of hydrogen-bond donors (Lipinski definition) is 1. The van der Waals surface area contributed by atoms with Gasteiger partial charge in [0.2, 0.25) is 0 Å². The van der Waals surface area contributed by atoms with Crippen LogP contribution >= 0.6 is 0 Å². The second-order valence-corrected chi connectivity index (χ2v) is 19.3. The highest BCUT2D eigenvalue weighted by molar-refractivity contribution is 6.30. The number of nitrogens with zero attached hydrogens (tertiary/aromatic N) is 4.